The number of rotatable bonds is 6. The molecule has 0 aliphatic carbocycles. The highest BCUT2D eigenvalue weighted by Gasteiger charge is 2.25. The summed E-state index contributed by atoms with van der Waals surface area (Å²) in [5.74, 6) is 5.12. The second-order valence-corrected chi connectivity index (χ2v) is 5.14. The van der Waals surface area contributed by atoms with E-state index in [-0.39, 0.29) is 10.6 Å². The highest BCUT2D eigenvalue weighted by atomic mass is 35.5. The van der Waals surface area contributed by atoms with Crippen LogP contribution in [0.3, 0.4) is 0 Å². The lowest BCUT2D eigenvalue weighted by atomic mass is 10.0. The summed E-state index contributed by atoms with van der Waals surface area (Å²) in [5, 5.41) is 4.78. The van der Waals surface area contributed by atoms with Gasteiger partial charge in [-0.25, -0.2) is 9.82 Å². The number of nitrogens with zero attached hydrogens (tertiary/aromatic N) is 2. The molecule has 5 nitrogen and oxygen atoms in total. The van der Waals surface area contributed by atoms with Gasteiger partial charge in [-0.15, -0.1) is 0 Å². The van der Waals surface area contributed by atoms with Gasteiger partial charge in [-0.1, -0.05) is 29.3 Å². The molecule has 1 heterocycles. The van der Waals surface area contributed by atoms with E-state index in [1.807, 2.05) is 0 Å². The molecule has 2 rings (SSSR count). The van der Waals surface area contributed by atoms with Gasteiger partial charge in [0.2, 0.25) is 0 Å². The summed E-state index contributed by atoms with van der Waals surface area (Å²) in [4.78, 5) is 0. The third-order valence-electron chi connectivity index (χ3n) is 3.07. The molecule has 1 aromatic carbocycles. The van der Waals surface area contributed by atoms with Crippen LogP contribution in [-0.2, 0) is 11.3 Å². The number of nitrogens with two attached hydrogens (primary N) is 1. The van der Waals surface area contributed by atoms with E-state index in [1.54, 1.807) is 17.9 Å². The van der Waals surface area contributed by atoms with E-state index in [1.165, 1.54) is 18.3 Å². The number of methoxy groups -OCH3 is 1. The molecular weight excluding hydrogens is 318 g/mol. The van der Waals surface area contributed by atoms with Gasteiger partial charge in [-0.3, -0.25) is 10.5 Å². The fraction of sp³-hybridized carbons (Fsp3) is 0.308. The fourth-order valence-corrected chi connectivity index (χ4v) is 2.62. The lowest BCUT2D eigenvalue weighted by Gasteiger charge is -2.20. The SMILES string of the molecule is COCCn1ncc(Cl)c1C(NN)c1c(F)cccc1Cl. The van der Waals surface area contributed by atoms with Gasteiger partial charge < -0.3 is 4.74 Å². The Balaban J connectivity index is 2.49. The quantitative estimate of drug-likeness (QED) is 0.630. The van der Waals surface area contributed by atoms with E-state index in [0.717, 1.165) is 0 Å². The number of nitrogens with one attached hydrogen (secondary N) is 1. The number of hydrazine groups is 1. The molecule has 0 aliphatic heterocycles. The zero-order valence-electron chi connectivity index (χ0n) is 11.3. The molecule has 3 N–H and O–H groups in total. The van der Waals surface area contributed by atoms with E-state index in [2.05, 4.69) is 10.5 Å². The summed E-state index contributed by atoms with van der Waals surface area (Å²) in [5.41, 5.74) is 3.31. The Morgan fingerprint density at radius 2 is 2.19 bits per heavy atom. The number of ether oxygens (including phenoxy) is 1. The van der Waals surface area contributed by atoms with Crippen LogP contribution in [-0.4, -0.2) is 23.5 Å². The summed E-state index contributed by atoms with van der Waals surface area (Å²) in [6.07, 6.45) is 1.48. The molecule has 8 heteroatoms. The maximum atomic E-state index is 14.1. The van der Waals surface area contributed by atoms with Gasteiger partial charge in [0.25, 0.3) is 0 Å². The Labute approximate surface area is 131 Å². The zero-order chi connectivity index (χ0) is 15.4. The molecule has 0 fully saturated rings. The van der Waals surface area contributed by atoms with Crippen molar-refractivity contribution in [2.75, 3.05) is 13.7 Å². The molecule has 0 saturated carbocycles. The fourth-order valence-electron chi connectivity index (χ4n) is 2.10. The number of halogens is 3. The summed E-state index contributed by atoms with van der Waals surface area (Å²) < 4.78 is 20.7. The van der Waals surface area contributed by atoms with Crippen LogP contribution < -0.4 is 11.3 Å². The van der Waals surface area contributed by atoms with Gasteiger partial charge in [-0.05, 0) is 12.1 Å². The van der Waals surface area contributed by atoms with Crippen molar-refractivity contribution < 1.29 is 9.13 Å². The van der Waals surface area contributed by atoms with Gasteiger partial charge in [0.1, 0.15) is 5.82 Å². The molecule has 0 aliphatic rings. The van der Waals surface area contributed by atoms with Crippen LogP contribution in [0.4, 0.5) is 4.39 Å². The zero-order valence-corrected chi connectivity index (χ0v) is 12.8. The number of hydrogen-bond donors (Lipinski definition) is 2. The summed E-state index contributed by atoms with van der Waals surface area (Å²) in [6.45, 7) is 0.899. The van der Waals surface area contributed by atoms with Crippen LogP contribution in [0, 0.1) is 5.82 Å². The first-order valence-electron chi connectivity index (χ1n) is 6.20. The minimum atomic E-state index is -0.717. The van der Waals surface area contributed by atoms with Gasteiger partial charge in [0.05, 0.1) is 36.1 Å². The topological polar surface area (TPSA) is 65.1 Å². The second kappa shape index (κ2) is 7.20. The van der Waals surface area contributed by atoms with Crippen molar-refractivity contribution >= 4 is 23.2 Å². The third-order valence-corrected chi connectivity index (χ3v) is 3.69. The maximum absolute atomic E-state index is 14.1. The molecule has 0 saturated heterocycles. The first-order valence-corrected chi connectivity index (χ1v) is 6.96. The van der Waals surface area contributed by atoms with Crippen molar-refractivity contribution in [2.24, 2.45) is 5.84 Å². The van der Waals surface area contributed by atoms with Crippen LogP contribution in [0.25, 0.3) is 0 Å². The monoisotopic (exact) mass is 332 g/mol. The van der Waals surface area contributed by atoms with Crippen molar-refractivity contribution in [1.29, 1.82) is 0 Å². The molecular formula is C13H15Cl2FN4O. The Bertz CT molecular complexity index is 600. The predicted molar refractivity (Wildman–Crippen MR) is 79.7 cm³/mol. The predicted octanol–water partition coefficient (Wildman–Crippen LogP) is 2.53. The Hall–Kier alpha value is -1.18. The maximum Gasteiger partial charge on any atom is 0.129 e. The highest BCUT2D eigenvalue weighted by molar-refractivity contribution is 6.32. The van der Waals surface area contributed by atoms with Gasteiger partial charge in [0.15, 0.2) is 0 Å². The van der Waals surface area contributed by atoms with Crippen molar-refractivity contribution in [1.82, 2.24) is 15.2 Å². The normalized spacial score (nSPS) is 12.6. The molecule has 2 aromatic rings. The van der Waals surface area contributed by atoms with Crippen molar-refractivity contribution in [2.45, 2.75) is 12.6 Å². The second-order valence-electron chi connectivity index (χ2n) is 4.33. The Morgan fingerprint density at radius 1 is 1.43 bits per heavy atom. The average Bonchev–Trinajstić information content (AvgIpc) is 2.82. The molecule has 1 atom stereocenters. The van der Waals surface area contributed by atoms with Crippen LogP contribution in [0.1, 0.15) is 17.3 Å². The Morgan fingerprint density at radius 3 is 2.81 bits per heavy atom. The van der Waals surface area contributed by atoms with Crippen molar-refractivity contribution in [3.63, 3.8) is 0 Å². The smallest absolute Gasteiger partial charge is 0.129 e. The average molecular weight is 333 g/mol. The van der Waals surface area contributed by atoms with Crippen molar-refractivity contribution in [3.8, 4) is 0 Å². The van der Waals surface area contributed by atoms with E-state index >= 15 is 0 Å². The van der Waals surface area contributed by atoms with E-state index in [4.69, 9.17) is 33.8 Å². The molecule has 1 aromatic heterocycles. The summed E-state index contributed by atoms with van der Waals surface area (Å²) in [6, 6.07) is 3.72. The minimum Gasteiger partial charge on any atom is -0.383 e. The standard InChI is InChI=1S/C13H15Cl2FN4O/c1-21-6-5-20-13(9(15)7-18-20)12(19-17)11-8(14)3-2-4-10(11)16/h2-4,7,12,19H,5-6,17H2,1H3. The highest BCUT2D eigenvalue weighted by Crippen LogP contribution is 2.33. The van der Waals surface area contributed by atoms with E-state index < -0.39 is 11.9 Å². The van der Waals surface area contributed by atoms with Gasteiger partial charge in [0, 0.05) is 17.7 Å². The molecule has 1 unspecified atom stereocenters. The first kappa shape index (κ1) is 16.2. The third kappa shape index (κ3) is 3.36. The van der Waals surface area contributed by atoms with Crippen LogP contribution >= 0.6 is 23.2 Å². The van der Waals surface area contributed by atoms with Crippen LogP contribution in [0.15, 0.2) is 24.4 Å². The van der Waals surface area contributed by atoms with Crippen molar-refractivity contribution in [3.05, 3.63) is 51.5 Å². The van der Waals surface area contributed by atoms with Gasteiger partial charge in [-0.2, -0.15) is 5.10 Å². The molecule has 0 amide bonds. The van der Waals surface area contributed by atoms with Gasteiger partial charge >= 0.3 is 0 Å². The molecule has 114 valence electrons. The first-order chi connectivity index (χ1) is 10.1. The molecule has 21 heavy (non-hydrogen) atoms. The van der Waals surface area contributed by atoms with E-state index in [9.17, 15) is 4.39 Å². The summed E-state index contributed by atoms with van der Waals surface area (Å²) in [7, 11) is 1.58. The largest absolute Gasteiger partial charge is 0.383 e. The lowest BCUT2D eigenvalue weighted by molar-refractivity contribution is 0.182. The minimum absolute atomic E-state index is 0.225. The number of aromatic nitrogens is 2. The van der Waals surface area contributed by atoms with E-state index in [0.29, 0.717) is 23.9 Å². The lowest BCUT2D eigenvalue weighted by Crippen LogP contribution is -2.32. The number of benzene rings is 1. The summed E-state index contributed by atoms with van der Waals surface area (Å²) >= 11 is 12.3. The molecule has 0 spiro atoms. The Kier molecular flexibility index (Phi) is 5.55. The number of hydrogen-bond acceptors (Lipinski definition) is 4. The molecule has 0 radical (unpaired) electrons. The van der Waals surface area contributed by atoms with Crippen LogP contribution in [0.5, 0.6) is 0 Å². The van der Waals surface area contributed by atoms with Crippen LogP contribution in [0.2, 0.25) is 10.0 Å². The molecule has 0 bridgehead atoms.